The lowest BCUT2D eigenvalue weighted by Gasteiger charge is -2.44. The molecule has 0 aliphatic carbocycles. The summed E-state index contributed by atoms with van der Waals surface area (Å²) < 4.78 is 28.0. The normalized spacial score (nSPS) is 24.5. The molecule has 4 atom stereocenters. The van der Waals surface area contributed by atoms with Gasteiger partial charge in [0.15, 0.2) is 25.0 Å². The number of hydrogen-bond acceptors (Lipinski definition) is 5. The molecule has 0 spiro atoms. The molecule has 0 radical (unpaired) electrons. The summed E-state index contributed by atoms with van der Waals surface area (Å²) in [6, 6.07) is 10.5. The van der Waals surface area contributed by atoms with Crippen molar-refractivity contribution in [1.29, 1.82) is 0 Å². The molecule has 1 aromatic rings. The molecule has 8 heteroatoms. The fraction of sp³-hybridized carbons (Fsp3) is 0.793. The predicted molar refractivity (Wildman–Crippen MR) is 168 cm³/mol. The molecule has 0 amide bonds. The van der Waals surface area contributed by atoms with Gasteiger partial charge in [-0.25, -0.2) is 0 Å². The van der Waals surface area contributed by atoms with Gasteiger partial charge in [-0.2, -0.15) is 0 Å². The van der Waals surface area contributed by atoms with Crippen molar-refractivity contribution in [2.45, 2.75) is 145 Å². The third-order valence-corrected chi connectivity index (χ3v) is 23.8. The maximum absolute atomic E-state index is 7.20. The molecular formula is C29H56O4SSi3. The molecular weight excluding hydrogens is 529 g/mol. The van der Waals surface area contributed by atoms with Crippen molar-refractivity contribution in [3.63, 3.8) is 0 Å². The van der Waals surface area contributed by atoms with Gasteiger partial charge in [-0.1, -0.05) is 92.3 Å². The van der Waals surface area contributed by atoms with Crippen LogP contribution < -0.4 is 0 Å². The van der Waals surface area contributed by atoms with Crippen molar-refractivity contribution < 1.29 is 18.0 Å². The van der Waals surface area contributed by atoms with Crippen LogP contribution in [-0.2, 0) is 18.0 Å². The van der Waals surface area contributed by atoms with Crippen molar-refractivity contribution >= 4 is 36.7 Å². The van der Waals surface area contributed by atoms with Crippen LogP contribution in [0.15, 0.2) is 35.2 Å². The molecule has 37 heavy (non-hydrogen) atoms. The average molecular weight is 585 g/mol. The molecule has 0 bridgehead atoms. The molecule has 1 aliphatic rings. The van der Waals surface area contributed by atoms with E-state index in [1.807, 2.05) is 0 Å². The molecule has 214 valence electrons. The Labute approximate surface area is 236 Å². The van der Waals surface area contributed by atoms with Crippen LogP contribution in [0.25, 0.3) is 0 Å². The lowest BCUT2D eigenvalue weighted by atomic mass is 10.2. The minimum Gasteiger partial charge on any atom is -0.414 e. The molecule has 0 aromatic heterocycles. The summed E-state index contributed by atoms with van der Waals surface area (Å²) in [7, 11) is -6.16. The smallest absolute Gasteiger partial charge is 0.192 e. The fourth-order valence-electron chi connectivity index (χ4n) is 3.36. The lowest BCUT2D eigenvalue weighted by molar-refractivity contribution is 0.00152. The summed E-state index contributed by atoms with van der Waals surface area (Å²) in [6.07, 6.45) is -0.492. The molecule has 4 nitrogen and oxygen atoms in total. The molecule has 1 saturated heterocycles. The second-order valence-electron chi connectivity index (χ2n) is 15.2. The highest BCUT2D eigenvalue weighted by Gasteiger charge is 2.54. The number of rotatable bonds is 9. The maximum Gasteiger partial charge on any atom is 0.192 e. The van der Waals surface area contributed by atoms with Gasteiger partial charge < -0.3 is 18.0 Å². The second kappa shape index (κ2) is 11.5. The first-order chi connectivity index (χ1) is 16.5. The SMILES string of the molecule is CC(C)(C)[Si](C)(C)OC[C@@H]1O[C@H](Sc2ccccc2)[C@H](O[Si](C)(C)C(C)(C)C)[C@H]1O[Si](C)(C)C(C)(C)C. The van der Waals surface area contributed by atoms with Crippen LogP contribution in [0, 0.1) is 0 Å². The van der Waals surface area contributed by atoms with Gasteiger partial charge in [0.2, 0.25) is 0 Å². The standard InChI is InChI=1S/C29H56O4SSi3/c1-27(2,3)35(10,11)30-21-23-24(32-36(12,13)28(4,5)6)25(33-37(14,15)29(7,8)9)26(31-23)34-22-19-17-16-18-20-22/h16-20,23-26H,21H2,1-15H3/t23-,24-,25+,26+/m0/s1. The van der Waals surface area contributed by atoms with Crippen LogP contribution in [0.5, 0.6) is 0 Å². The Morgan fingerprint density at radius 1 is 0.676 bits per heavy atom. The third-order valence-electron chi connectivity index (χ3n) is 9.15. The van der Waals surface area contributed by atoms with E-state index in [0.717, 1.165) is 0 Å². The zero-order valence-electron chi connectivity index (χ0n) is 26.4. The first-order valence-electron chi connectivity index (χ1n) is 13.9. The summed E-state index contributed by atoms with van der Waals surface area (Å²) in [5.74, 6) is 0. The van der Waals surface area contributed by atoms with E-state index in [0.29, 0.717) is 6.61 Å². The van der Waals surface area contributed by atoms with Crippen LogP contribution >= 0.6 is 11.8 Å². The summed E-state index contributed by atoms with van der Waals surface area (Å²) in [5, 5.41) is 0.312. The Morgan fingerprint density at radius 3 is 1.54 bits per heavy atom. The first kappa shape index (κ1) is 33.3. The van der Waals surface area contributed by atoms with Crippen molar-refractivity contribution in [2.75, 3.05) is 6.61 Å². The van der Waals surface area contributed by atoms with Gasteiger partial charge in [0, 0.05) is 4.90 Å². The van der Waals surface area contributed by atoms with Crippen LogP contribution in [0.4, 0.5) is 0 Å². The average Bonchev–Trinajstić information content (AvgIpc) is 3.00. The monoisotopic (exact) mass is 584 g/mol. The molecule has 0 saturated carbocycles. The Morgan fingerprint density at radius 2 is 1.11 bits per heavy atom. The molecule has 2 rings (SSSR count). The Bertz CT molecular complexity index is 870. The van der Waals surface area contributed by atoms with Crippen LogP contribution in [-0.4, -0.2) is 55.3 Å². The Balaban J connectivity index is 2.50. The number of benzene rings is 1. The molecule has 1 fully saturated rings. The van der Waals surface area contributed by atoms with Gasteiger partial charge in [-0.05, 0) is 66.5 Å². The molecule has 0 N–H and O–H groups in total. The lowest BCUT2D eigenvalue weighted by Crippen LogP contribution is -2.54. The van der Waals surface area contributed by atoms with Crippen molar-refractivity contribution in [3.8, 4) is 0 Å². The highest BCUT2D eigenvalue weighted by molar-refractivity contribution is 7.99. The van der Waals surface area contributed by atoms with Gasteiger partial charge in [-0.3, -0.25) is 0 Å². The van der Waals surface area contributed by atoms with E-state index < -0.39 is 25.0 Å². The predicted octanol–water partition coefficient (Wildman–Crippen LogP) is 9.31. The van der Waals surface area contributed by atoms with E-state index in [9.17, 15) is 0 Å². The maximum atomic E-state index is 7.20. The molecule has 1 heterocycles. The zero-order chi connectivity index (χ0) is 28.7. The Kier molecular flexibility index (Phi) is 10.3. The topological polar surface area (TPSA) is 36.9 Å². The van der Waals surface area contributed by atoms with Gasteiger partial charge >= 0.3 is 0 Å². The molecule has 1 aliphatic heterocycles. The fourth-order valence-corrected chi connectivity index (χ4v) is 8.21. The van der Waals surface area contributed by atoms with Gasteiger partial charge in [0.1, 0.15) is 23.7 Å². The highest BCUT2D eigenvalue weighted by Crippen LogP contribution is 2.47. The minimum absolute atomic E-state index is 0.0873. The summed E-state index contributed by atoms with van der Waals surface area (Å²) in [4.78, 5) is 1.19. The van der Waals surface area contributed by atoms with E-state index in [-0.39, 0.29) is 38.9 Å². The first-order valence-corrected chi connectivity index (χ1v) is 23.5. The summed E-state index contributed by atoms with van der Waals surface area (Å²) in [6.45, 7) is 35.2. The van der Waals surface area contributed by atoms with E-state index in [4.69, 9.17) is 18.0 Å². The van der Waals surface area contributed by atoms with Crippen molar-refractivity contribution in [2.24, 2.45) is 0 Å². The minimum atomic E-state index is -2.11. The zero-order valence-corrected chi connectivity index (χ0v) is 30.3. The van der Waals surface area contributed by atoms with E-state index in [1.54, 1.807) is 11.8 Å². The number of hydrogen-bond donors (Lipinski definition) is 0. The van der Waals surface area contributed by atoms with Crippen LogP contribution in [0.3, 0.4) is 0 Å². The molecule has 0 unspecified atom stereocenters. The highest BCUT2D eigenvalue weighted by atomic mass is 32.2. The third kappa shape index (κ3) is 8.28. The quantitative estimate of drug-likeness (QED) is 0.270. The molecule has 1 aromatic carbocycles. The summed E-state index contributed by atoms with van der Waals surface area (Å²) >= 11 is 1.76. The largest absolute Gasteiger partial charge is 0.414 e. The van der Waals surface area contributed by atoms with Crippen LogP contribution in [0.2, 0.25) is 54.4 Å². The van der Waals surface area contributed by atoms with Crippen LogP contribution in [0.1, 0.15) is 62.3 Å². The summed E-state index contributed by atoms with van der Waals surface area (Å²) in [5.41, 5.74) is -0.153. The number of ether oxygens (including phenoxy) is 1. The van der Waals surface area contributed by atoms with E-state index >= 15 is 0 Å². The van der Waals surface area contributed by atoms with E-state index in [2.05, 4.69) is 132 Å². The second-order valence-corrected chi connectivity index (χ2v) is 30.7. The van der Waals surface area contributed by atoms with E-state index in [1.165, 1.54) is 4.90 Å². The van der Waals surface area contributed by atoms with Gasteiger partial charge in [0.05, 0.1) is 6.61 Å². The van der Waals surface area contributed by atoms with Gasteiger partial charge in [-0.15, -0.1) is 0 Å². The Hall–Kier alpha value is 0.0606. The van der Waals surface area contributed by atoms with Crippen molar-refractivity contribution in [3.05, 3.63) is 30.3 Å². The van der Waals surface area contributed by atoms with Gasteiger partial charge in [0.25, 0.3) is 0 Å². The van der Waals surface area contributed by atoms with Crippen molar-refractivity contribution in [1.82, 2.24) is 0 Å². The number of thioether (sulfide) groups is 1.